The van der Waals surface area contributed by atoms with Crippen molar-refractivity contribution in [2.24, 2.45) is 5.41 Å². The summed E-state index contributed by atoms with van der Waals surface area (Å²) >= 11 is 1.62. The summed E-state index contributed by atoms with van der Waals surface area (Å²) in [6.07, 6.45) is 1.86. The third-order valence-electron chi connectivity index (χ3n) is 3.95. The van der Waals surface area contributed by atoms with Crippen LogP contribution in [0, 0.1) is 12.3 Å². The van der Waals surface area contributed by atoms with E-state index in [-0.39, 0.29) is 11.3 Å². The second-order valence-corrected chi connectivity index (χ2v) is 6.02. The lowest BCUT2D eigenvalue weighted by Gasteiger charge is -2.30. The Morgan fingerprint density at radius 2 is 2.44 bits per heavy atom. The van der Waals surface area contributed by atoms with Crippen molar-refractivity contribution < 1.29 is 4.79 Å². The average Bonchev–Trinajstić information content (AvgIpc) is 2.99. The highest BCUT2D eigenvalue weighted by Gasteiger charge is 2.41. The molecule has 100 valence electrons. The molecule has 0 saturated carbocycles. The molecular weight excluding hydrogens is 246 g/mol. The van der Waals surface area contributed by atoms with E-state index in [1.165, 1.54) is 4.88 Å². The van der Waals surface area contributed by atoms with Gasteiger partial charge in [-0.3, -0.25) is 4.79 Å². The SMILES string of the molecule is CCC1(C(=O)N(C)Cc2scnc2C)CCNC1. The van der Waals surface area contributed by atoms with Crippen LogP contribution in [0.4, 0.5) is 0 Å². The maximum absolute atomic E-state index is 12.6. The van der Waals surface area contributed by atoms with Crippen LogP contribution in [0.2, 0.25) is 0 Å². The van der Waals surface area contributed by atoms with E-state index in [0.29, 0.717) is 6.54 Å². The predicted molar refractivity (Wildman–Crippen MR) is 73.5 cm³/mol. The lowest BCUT2D eigenvalue weighted by atomic mass is 9.83. The first kappa shape index (κ1) is 13.5. The van der Waals surface area contributed by atoms with Gasteiger partial charge in [0.15, 0.2) is 0 Å². The molecule has 1 aliphatic heterocycles. The van der Waals surface area contributed by atoms with Gasteiger partial charge in [0.1, 0.15) is 0 Å². The smallest absolute Gasteiger partial charge is 0.230 e. The van der Waals surface area contributed by atoms with Crippen LogP contribution in [-0.2, 0) is 11.3 Å². The van der Waals surface area contributed by atoms with Gasteiger partial charge in [-0.05, 0) is 26.3 Å². The number of nitrogens with one attached hydrogen (secondary N) is 1. The lowest BCUT2D eigenvalue weighted by molar-refractivity contribution is -0.140. The van der Waals surface area contributed by atoms with E-state index < -0.39 is 0 Å². The molecule has 2 heterocycles. The summed E-state index contributed by atoms with van der Waals surface area (Å²) in [5.74, 6) is 0.266. The standard InChI is InChI=1S/C13H21N3OS/c1-4-13(5-6-14-8-13)12(17)16(3)7-11-10(2)15-9-18-11/h9,14H,4-8H2,1-3H3. The molecule has 0 bridgehead atoms. The Hall–Kier alpha value is -0.940. The van der Waals surface area contributed by atoms with Crippen molar-refractivity contribution in [1.82, 2.24) is 15.2 Å². The zero-order valence-corrected chi connectivity index (χ0v) is 12.1. The third-order valence-corrected chi connectivity index (χ3v) is 4.87. The summed E-state index contributed by atoms with van der Waals surface area (Å²) in [6.45, 7) is 6.55. The molecule has 1 unspecified atom stereocenters. The number of nitrogens with zero attached hydrogens (tertiary/aromatic N) is 2. The topological polar surface area (TPSA) is 45.2 Å². The van der Waals surface area contributed by atoms with Gasteiger partial charge in [0, 0.05) is 18.5 Å². The van der Waals surface area contributed by atoms with Gasteiger partial charge in [-0.2, -0.15) is 0 Å². The van der Waals surface area contributed by atoms with E-state index in [1.54, 1.807) is 11.3 Å². The second-order valence-electron chi connectivity index (χ2n) is 5.08. The Balaban J connectivity index is 2.06. The van der Waals surface area contributed by atoms with Crippen molar-refractivity contribution in [3.05, 3.63) is 16.1 Å². The fraction of sp³-hybridized carbons (Fsp3) is 0.692. The monoisotopic (exact) mass is 267 g/mol. The van der Waals surface area contributed by atoms with Crippen molar-refractivity contribution in [2.75, 3.05) is 20.1 Å². The number of carbonyl (C=O) groups is 1. The number of aromatic nitrogens is 1. The van der Waals surface area contributed by atoms with E-state index >= 15 is 0 Å². The number of aryl methyl sites for hydroxylation is 1. The summed E-state index contributed by atoms with van der Waals surface area (Å²) in [5.41, 5.74) is 2.69. The van der Waals surface area contributed by atoms with E-state index in [4.69, 9.17) is 0 Å². The molecule has 1 N–H and O–H groups in total. The third kappa shape index (κ3) is 2.42. The quantitative estimate of drug-likeness (QED) is 0.905. The molecule has 0 radical (unpaired) electrons. The highest BCUT2D eigenvalue weighted by atomic mass is 32.1. The van der Waals surface area contributed by atoms with E-state index in [1.807, 2.05) is 24.4 Å². The van der Waals surface area contributed by atoms with Crippen molar-refractivity contribution >= 4 is 17.2 Å². The lowest BCUT2D eigenvalue weighted by Crippen LogP contribution is -2.42. The molecule has 5 heteroatoms. The summed E-state index contributed by atoms with van der Waals surface area (Å²) in [6, 6.07) is 0. The van der Waals surface area contributed by atoms with Crippen molar-refractivity contribution in [3.8, 4) is 0 Å². The van der Waals surface area contributed by atoms with E-state index in [0.717, 1.165) is 31.6 Å². The van der Waals surface area contributed by atoms with E-state index in [9.17, 15) is 4.79 Å². The van der Waals surface area contributed by atoms with Crippen molar-refractivity contribution in [3.63, 3.8) is 0 Å². The zero-order valence-electron chi connectivity index (χ0n) is 11.3. The van der Waals surface area contributed by atoms with Crippen LogP contribution in [0.1, 0.15) is 30.3 Å². The minimum absolute atomic E-state index is 0.187. The molecule has 0 spiro atoms. The summed E-state index contributed by atoms with van der Waals surface area (Å²) in [5, 5.41) is 3.31. The van der Waals surface area contributed by atoms with E-state index in [2.05, 4.69) is 17.2 Å². The fourth-order valence-electron chi connectivity index (χ4n) is 2.55. The zero-order chi connectivity index (χ0) is 13.2. The summed E-state index contributed by atoms with van der Waals surface area (Å²) < 4.78 is 0. The Morgan fingerprint density at radius 1 is 1.67 bits per heavy atom. The van der Waals surface area contributed by atoms with Crippen LogP contribution < -0.4 is 5.32 Å². The largest absolute Gasteiger partial charge is 0.340 e. The van der Waals surface area contributed by atoms with Gasteiger partial charge in [-0.15, -0.1) is 11.3 Å². The first-order chi connectivity index (χ1) is 8.59. The molecule has 2 rings (SSSR count). The maximum atomic E-state index is 12.6. The molecule has 1 amide bonds. The van der Waals surface area contributed by atoms with Gasteiger partial charge < -0.3 is 10.2 Å². The fourth-order valence-corrected chi connectivity index (χ4v) is 3.38. The van der Waals surface area contributed by atoms with Crippen LogP contribution in [0.3, 0.4) is 0 Å². The molecule has 1 aliphatic rings. The van der Waals surface area contributed by atoms with Gasteiger partial charge in [-0.1, -0.05) is 6.92 Å². The van der Waals surface area contributed by atoms with Gasteiger partial charge in [0.2, 0.25) is 5.91 Å². The van der Waals surface area contributed by atoms with Crippen LogP contribution in [0.15, 0.2) is 5.51 Å². The summed E-state index contributed by atoms with van der Waals surface area (Å²) in [4.78, 5) is 19.9. The first-order valence-corrected chi connectivity index (χ1v) is 7.32. The van der Waals surface area contributed by atoms with Gasteiger partial charge in [0.25, 0.3) is 0 Å². The molecule has 4 nitrogen and oxygen atoms in total. The van der Waals surface area contributed by atoms with Crippen LogP contribution >= 0.6 is 11.3 Å². The number of hydrogen-bond acceptors (Lipinski definition) is 4. The summed E-state index contributed by atoms with van der Waals surface area (Å²) in [7, 11) is 1.90. The normalized spacial score (nSPS) is 23.3. The second kappa shape index (κ2) is 5.36. The van der Waals surface area contributed by atoms with Crippen LogP contribution in [0.5, 0.6) is 0 Å². The minimum atomic E-state index is -0.187. The van der Waals surface area contributed by atoms with Crippen molar-refractivity contribution in [1.29, 1.82) is 0 Å². The Bertz CT molecular complexity index is 424. The van der Waals surface area contributed by atoms with Gasteiger partial charge in [-0.25, -0.2) is 4.98 Å². The van der Waals surface area contributed by atoms with Crippen LogP contribution in [0.25, 0.3) is 0 Å². The molecular formula is C13H21N3OS. The minimum Gasteiger partial charge on any atom is -0.340 e. The number of thiazole rings is 1. The molecule has 0 aromatic carbocycles. The molecule has 1 aromatic heterocycles. The Morgan fingerprint density at radius 3 is 2.94 bits per heavy atom. The number of hydrogen-bond donors (Lipinski definition) is 1. The average molecular weight is 267 g/mol. The Kier molecular flexibility index (Phi) is 4.02. The predicted octanol–water partition coefficient (Wildman–Crippen LogP) is 1.80. The van der Waals surface area contributed by atoms with Crippen molar-refractivity contribution in [2.45, 2.75) is 33.2 Å². The van der Waals surface area contributed by atoms with Crippen LogP contribution in [-0.4, -0.2) is 35.9 Å². The molecule has 0 aliphatic carbocycles. The highest BCUT2D eigenvalue weighted by molar-refractivity contribution is 7.09. The Labute approximate surface area is 112 Å². The molecule has 1 saturated heterocycles. The molecule has 1 fully saturated rings. The highest BCUT2D eigenvalue weighted by Crippen LogP contribution is 2.32. The number of rotatable bonds is 4. The van der Waals surface area contributed by atoms with Gasteiger partial charge >= 0.3 is 0 Å². The molecule has 18 heavy (non-hydrogen) atoms. The molecule has 1 atom stereocenters. The first-order valence-electron chi connectivity index (χ1n) is 6.44. The maximum Gasteiger partial charge on any atom is 0.230 e. The van der Waals surface area contributed by atoms with Gasteiger partial charge in [0.05, 0.1) is 23.2 Å². The molecule has 1 aromatic rings. The number of carbonyl (C=O) groups excluding carboxylic acids is 1. The number of amides is 1.